The molecule has 0 spiro atoms. The molecular formula is C64H53N3. The summed E-state index contributed by atoms with van der Waals surface area (Å²) in [6.45, 7) is 17.2. The highest BCUT2D eigenvalue weighted by Gasteiger charge is 2.50. The number of rotatable bonds is 5. The molecule has 3 nitrogen and oxygen atoms in total. The molecular weight excluding hydrogens is 811 g/mol. The first-order valence-electron chi connectivity index (χ1n) is 23.9. The number of nitrogens with zero attached hydrogens (tertiary/aromatic N) is 3. The first-order chi connectivity index (χ1) is 32.4. The van der Waals surface area contributed by atoms with Gasteiger partial charge in [-0.1, -0.05) is 182 Å². The molecule has 0 N–H and O–H groups in total. The van der Waals surface area contributed by atoms with E-state index < -0.39 is 0 Å². The van der Waals surface area contributed by atoms with E-state index >= 15 is 0 Å². The predicted octanol–water partition coefficient (Wildman–Crippen LogP) is 17.3. The van der Waals surface area contributed by atoms with Gasteiger partial charge in [0.05, 0.1) is 27.8 Å². The minimum Gasteiger partial charge on any atom is -0.310 e. The summed E-state index contributed by atoms with van der Waals surface area (Å²) >= 11 is 0. The lowest BCUT2D eigenvalue weighted by atomic mass is 9.71. The Bertz CT molecular complexity index is 3710. The molecule has 13 rings (SSSR count). The Hall–Kier alpha value is -7.62. The van der Waals surface area contributed by atoms with Gasteiger partial charge in [-0.25, -0.2) is 0 Å². The zero-order chi connectivity index (χ0) is 45.6. The van der Waals surface area contributed by atoms with Gasteiger partial charge in [0.1, 0.15) is 0 Å². The van der Waals surface area contributed by atoms with E-state index in [-0.39, 0.29) is 16.2 Å². The van der Waals surface area contributed by atoms with Crippen LogP contribution in [0.4, 0.5) is 17.1 Å². The summed E-state index contributed by atoms with van der Waals surface area (Å²) < 4.78 is 4.91. The summed E-state index contributed by atoms with van der Waals surface area (Å²) in [5.74, 6) is 0. The average Bonchev–Trinajstić information content (AvgIpc) is 4.00. The molecule has 0 unspecified atom stereocenters. The molecule has 67 heavy (non-hydrogen) atoms. The van der Waals surface area contributed by atoms with Crippen LogP contribution in [0.1, 0.15) is 76.3 Å². The molecule has 0 fully saturated rings. The number of hydrogen-bond acceptors (Lipinski definition) is 1. The van der Waals surface area contributed by atoms with Crippen LogP contribution in [0, 0.1) is 0 Å². The highest BCUT2D eigenvalue weighted by molar-refractivity contribution is 6.12. The molecule has 0 saturated heterocycles. The first-order valence-corrected chi connectivity index (χ1v) is 23.9. The second kappa shape index (κ2) is 14.0. The highest BCUT2D eigenvalue weighted by atomic mass is 15.2. The van der Waals surface area contributed by atoms with Gasteiger partial charge in [0.2, 0.25) is 0 Å². The lowest BCUT2D eigenvalue weighted by Crippen LogP contribution is -2.27. The van der Waals surface area contributed by atoms with E-state index in [1.54, 1.807) is 0 Å². The van der Waals surface area contributed by atoms with Gasteiger partial charge in [-0.05, 0) is 116 Å². The summed E-state index contributed by atoms with van der Waals surface area (Å²) in [5.41, 5.74) is 22.2. The largest absolute Gasteiger partial charge is 0.310 e. The molecule has 3 heteroatoms. The van der Waals surface area contributed by atoms with Gasteiger partial charge in [-0.15, -0.1) is 0 Å². The van der Waals surface area contributed by atoms with Crippen molar-refractivity contribution in [1.29, 1.82) is 0 Å². The molecule has 0 atom stereocenters. The number of fused-ring (bicyclic) bond motifs is 12. The maximum absolute atomic E-state index is 2.66. The van der Waals surface area contributed by atoms with Gasteiger partial charge in [0.15, 0.2) is 0 Å². The van der Waals surface area contributed by atoms with Crippen LogP contribution in [0.2, 0.25) is 0 Å². The first kappa shape index (κ1) is 39.7. The minimum absolute atomic E-state index is 0.162. The van der Waals surface area contributed by atoms with E-state index in [2.05, 4.69) is 257 Å². The number of hydrogen-bond donors (Lipinski definition) is 0. The van der Waals surface area contributed by atoms with Crippen LogP contribution >= 0.6 is 0 Å². The Morgan fingerprint density at radius 3 is 1.36 bits per heavy atom. The van der Waals surface area contributed by atoms with Crippen molar-refractivity contribution in [2.75, 3.05) is 4.90 Å². The van der Waals surface area contributed by atoms with E-state index in [9.17, 15) is 0 Å². The topological polar surface area (TPSA) is 13.1 Å². The molecule has 9 aromatic carbocycles. The van der Waals surface area contributed by atoms with E-state index in [4.69, 9.17) is 0 Å². The van der Waals surface area contributed by atoms with Crippen molar-refractivity contribution in [3.8, 4) is 33.6 Å². The van der Waals surface area contributed by atoms with Crippen LogP contribution < -0.4 is 4.90 Å². The Morgan fingerprint density at radius 2 is 0.821 bits per heavy atom. The minimum atomic E-state index is -0.327. The van der Waals surface area contributed by atoms with Crippen molar-refractivity contribution in [1.82, 2.24) is 9.13 Å². The Morgan fingerprint density at radius 1 is 0.388 bits per heavy atom. The van der Waals surface area contributed by atoms with Crippen LogP contribution in [0.15, 0.2) is 194 Å². The number of benzene rings is 9. The van der Waals surface area contributed by atoms with Gasteiger partial charge in [-0.2, -0.15) is 0 Å². The van der Waals surface area contributed by atoms with E-state index in [0.717, 1.165) is 22.7 Å². The van der Waals surface area contributed by atoms with Gasteiger partial charge < -0.3 is 14.0 Å². The summed E-state index contributed by atoms with van der Waals surface area (Å²) in [7, 11) is 0. The fourth-order valence-corrected chi connectivity index (χ4v) is 12.6. The molecule has 11 aromatic rings. The van der Waals surface area contributed by atoms with Crippen molar-refractivity contribution in [2.24, 2.45) is 0 Å². The van der Waals surface area contributed by atoms with Gasteiger partial charge in [0, 0.05) is 55.1 Å². The van der Waals surface area contributed by atoms with Gasteiger partial charge in [-0.3, -0.25) is 0 Å². The number of anilines is 3. The third kappa shape index (κ3) is 5.46. The lowest BCUT2D eigenvalue weighted by molar-refractivity contribution is 0.587. The van der Waals surface area contributed by atoms with Crippen molar-refractivity contribution in [2.45, 2.75) is 64.7 Å². The van der Waals surface area contributed by atoms with Crippen LogP contribution in [0.3, 0.4) is 0 Å². The lowest BCUT2D eigenvalue weighted by Gasteiger charge is -2.39. The summed E-state index contributed by atoms with van der Waals surface area (Å²) in [6.07, 6.45) is 0. The molecule has 0 bridgehead atoms. The van der Waals surface area contributed by atoms with E-state index in [1.165, 1.54) is 99.4 Å². The maximum Gasteiger partial charge on any atom is 0.0561 e. The summed E-state index contributed by atoms with van der Waals surface area (Å²) in [6, 6.07) is 72.5. The smallest absolute Gasteiger partial charge is 0.0561 e. The van der Waals surface area contributed by atoms with Crippen LogP contribution in [0.25, 0.3) is 77.2 Å². The average molecular weight is 864 g/mol. The fourth-order valence-electron chi connectivity index (χ4n) is 12.6. The van der Waals surface area contributed by atoms with Crippen LogP contribution in [0.5, 0.6) is 0 Å². The molecule has 2 heterocycles. The molecule has 2 aromatic heterocycles. The molecule has 324 valence electrons. The second-order valence-corrected chi connectivity index (χ2v) is 20.9. The van der Waals surface area contributed by atoms with E-state index in [1.807, 2.05) is 0 Å². The zero-order valence-corrected chi connectivity index (χ0v) is 39.3. The summed E-state index contributed by atoms with van der Waals surface area (Å²) in [4.78, 5) is 2.66. The second-order valence-electron chi connectivity index (χ2n) is 20.9. The Labute approximate surface area is 393 Å². The molecule has 2 aliphatic carbocycles. The van der Waals surface area contributed by atoms with Crippen molar-refractivity contribution in [3.05, 3.63) is 222 Å². The van der Waals surface area contributed by atoms with Gasteiger partial charge >= 0.3 is 0 Å². The Kier molecular flexibility index (Phi) is 8.27. The van der Waals surface area contributed by atoms with Gasteiger partial charge in [0.25, 0.3) is 0 Å². The quantitative estimate of drug-likeness (QED) is 0.168. The highest BCUT2D eigenvalue weighted by Crippen LogP contribution is 2.66. The van der Waals surface area contributed by atoms with Crippen LogP contribution in [-0.2, 0) is 16.2 Å². The third-order valence-corrected chi connectivity index (χ3v) is 15.3. The Balaban J connectivity index is 1.21. The standard InChI is InChI=1S/C64H53N3/c1-62(2,3)58-56-48-29-11-16-31-50(48)63(4,5)59(56)61(60-57(58)49-30-12-17-32-51(49)64(60,6)7)65(41-24-21-25-42(38-41)67-53-34-19-13-26-44(53)45-27-14-20-35-54(45)67)43-36-37-47-46-28-15-18-33-52(46)66(55(47)39-43)40-22-9-8-10-23-40/h8-39H,1-7H3. The maximum atomic E-state index is 2.66. The number of aromatic nitrogens is 2. The molecule has 0 radical (unpaired) electrons. The molecule has 0 saturated carbocycles. The summed E-state index contributed by atoms with van der Waals surface area (Å²) in [5, 5.41) is 5.00. The number of para-hydroxylation sites is 4. The normalized spacial score (nSPS) is 14.4. The van der Waals surface area contributed by atoms with Crippen molar-refractivity contribution >= 4 is 60.7 Å². The van der Waals surface area contributed by atoms with E-state index in [0.29, 0.717) is 0 Å². The zero-order valence-electron chi connectivity index (χ0n) is 39.3. The SMILES string of the molecule is CC(C)(C)c1c2c(c(N(c3cccc(-n4c5ccccc5c5ccccc54)c3)c3ccc4c5ccccc5n(-c5ccccc5)c4c3)c3c1-c1ccccc1C3(C)C)C(C)(C)c1ccccc1-2. The molecule has 0 amide bonds. The fraction of sp³-hybridized carbons (Fsp3) is 0.156. The van der Waals surface area contributed by atoms with Crippen LogP contribution in [-0.4, -0.2) is 9.13 Å². The predicted molar refractivity (Wildman–Crippen MR) is 284 cm³/mol. The van der Waals surface area contributed by atoms with Crippen molar-refractivity contribution < 1.29 is 0 Å². The third-order valence-electron chi connectivity index (χ3n) is 15.3. The molecule has 0 aliphatic heterocycles. The van der Waals surface area contributed by atoms with Crippen molar-refractivity contribution in [3.63, 3.8) is 0 Å². The monoisotopic (exact) mass is 863 g/mol. The molecule has 2 aliphatic rings.